The summed E-state index contributed by atoms with van der Waals surface area (Å²) < 4.78 is 39.0. The number of nitrogens with two attached hydrogens (primary N) is 1. The Kier molecular flexibility index (Phi) is 4.72. The molecule has 1 aromatic rings. The van der Waals surface area contributed by atoms with E-state index in [4.69, 9.17) is 5.73 Å². The molecule has 7 heteroatoms. The Hall–Kier alpha value is -0.690. The topological polar surface area (TPSA) is 63.4 Å². The molecule has 102 valence electrons. The quantitative estimate of drug-likeness (QED) is 0.894. The van der Waals surface area contributed by atoms with E-state index in [1.807, 2.05) is 0 Å². The molecule has 0 radical (unpaired) electrons. The maximum atomic E-state index is 13.1. The van der Waals surface area contributed by atoms with Crippen LogP contribution < -0.4 is 5.73 Å². The average Bonchev–Trinajstić information content (AvgIpc) is 2.69. The summed E-state index contributed by atoms with van der Waals surface area (Å²) in [5.41, 5.74) is 6.24. The zero-order valence-corrected chi connectivity index (χ0v) is 11.6. The molecule has 1 aliphatic rings. The average molecular weight is 295 g/mol. The second kappa shape index (κ2) is 5.52. The summed E-state index contributed by atoms with van der Waals surface area (Å²) in [7, 11) is -3.61. The molecule has 1 unspecified atom stereocenters. The number of halogens is 2. The monoisotopic (exact) mass is 294 g/mol. The number of sulfonamides is 1. The zero-order valence-electron chi connectivity index (χ0n) is 9.97. The van der Waals surface area contributed by atoms with Crippen LogP contribution >= 0.6 is 12.4 Å². The molecule has 0 aliphatic carbocycles. The van der Waals surface area contributed by atoms with Gasteiger partial charge in [-0.05, 0) is 31.0 Å². The number of hydrogen-bond donors (Lipinski definition) is 1. The third-order valence-electron chi connectivity index (χ3n) is 2.96. The molecule has 1 fully saturated rings. The van der Waals surface area contributed by atoms with E-state index in [2.05, 4.69) is 0 Å². The Balaban J connectivity index is 0.00000162. The predicted octanol–water partition coefficient (Wildman–Crippen LogP) is 1.28. The molecule has 2 rings (SSSR count). The third kappa shape index (κ3) is 2.83. The van der Waals surface area contributed by atoms with Crippen molar-refractivity contribution < 1.29 is 12.8 Å². The second-order valence-electron chi connectivity index (χ2n) is 4.32. The van der Waals surface area contributed by atoms with Gasteiger partial charge < -0.3 is 5.73 Å². The molecule has 2 N–H and O–H groups in total. The first-order valence-electron chi connectivity index (χ1n) is 5.43. The minimum absolute atomic E-state index is 0. The van der Waals surface area contributed by atoms with E-state index in [1.54, 1.807) is 6.92 Å². The smallest absolute Gasteiger partial charge is 0.243 e. The number of aryl methyl sites for hydroxylation is 1. The molecule has 1 atom stereocenters. The van der Waals surface area contributed by atoms with Gasteiger partial charge in [-0.1, -0.05) is 6.07 Å². The highest BCUT2D eigenvalue weighted by Gasteiger charge is 2.31. The zero-order chi connectivity index (χ0) is 12.6. The first-order chi connectivity index (χ1) is 7.91. The predicted molar refractivity (Wildman–Crippen MR) is 69.7 cm³/mol. The molecular formula is C11H16ClFN2O2S. The van der Waals surface area contributed by atoms with Crippen LogP contribution in [0.25, 0.3) is 0 Å². The van der Waals surface area contributed by atoms with Crippen molar-refractivity contribution >= 4 is 22.4 Å². The summed E-state index contributed by atoms with van der Waals surface area (Å²) in [5.74, 6) is -0.544. The lowest BCUT2D eigenvalue weighted by Gasteiger charge is -2.17. The lowest BCUT2D eigenvalue weighted by molar-refractivity contribution is 0.471. The lowest BCUT2D eigenvalue weighted by atomic mass is 10.2. The van der Waals surface area contributed by atoms with E-state index in [0.717, 1.165) is 6.07 Å². The number of benzene rings is 1. The number of hydrogen-bond acceptors (Lipinski definition) is 3. The van der Waals surface area contributed by atoms with Crippen molar-refractivity contribution in [3.63, 3.8) is 0 Å². The Morgan fingerprint density at radius 3 is 2.67 bits per heavy atom. The van der Waals surface area contributed by atoms with Crippen LogP contribution in [0.2, 0.25) is 0 Å². The summed E-state index contributed by atoms with van der Waals surface area (Å²) in [6.45, 7) is 2.36. The van der Waals surface area contributed by atoms with Gasteiger partial charge in [0.15, 0.2) is 0 Å². The van der Waals surface area contributed by atoms with Gasteiger partial charge in [-0.25, -0.2) is 12.8 Å². The molecule has 0 bridgehead atoms. The second-order valence-corrected chi connectivity index (χ2v) is 6.23. The van der Waals surface area contributed by atoms with E-state index in [-0.39, 0.29) is 23.3 Å². The van der Waals surface area contributed by atoms with E-state index < -0.39 is 15.8 Å². The van der Waals surface area contributed by atoms with Gasteiger partial charge in [0.2, 0.25) is 10.0 Å². The fourth-order valence-corrected chi connectivity index (χ4v) is 3.71. The first kappa shape index (κ1) is 15.4. The Morgan fingerprint density at radius 1 is 1.44 bits per heavy atom. The highest BCUT2D eigenvalue weighted by atomic mass is 35.5. The van der Waals surface area contributed by atoms with Crippen LogP contribution in [0, 0.1) is 12.7 Å². The van der Waals surface area contributed by atoms with Crippen molar-refractivity contribution in [1.82, 2.24) is 4.31 Å². The SMILES string of the molecule is Cc1ccc(F)cc1S(=O)(=O)N1CCC(N)C1.Cl. The lowest BCUT2D eigenvalue weighted by Crippen LogP contribution is -2.32. The van der Waals surface area contributed by atoms with Crippen LogP contribution in [0.3, 0.4) is 0 Å². The van der Waals surface area contributed by atoms with Gasteiger partial charge in [0.1, 0.15) is 5.82 Å². The fourth-order valence-electron chi connectivity index (χ4n) is 1.96. The summed E-state index contributed by atoms with van der Waals surface area (Å²) in [6, 6.07) is 3.66. The van der Waals surface area contributed by atoms with Gasteiger partial charge in [0.05, 0.1) is 4.90 Å². The van der Waals surface area contributed by atoms with Gasteiger partial charge in [0.25, 0.3) is 0 Å². The Bertz CT molecular complexity index is 536. The molecule has 1 aliphatic heterocycles. The molecule has 0 aromatic heterocycles. The van der Waals surface area contributed by atoms with Crippen molar-refractivity contribution in [1.29, 1.82) is 0 Å². The van der Waals surface area contributed by atoms with Gasteiger partial charge >= 0.3 is 0 Å². The minimum Gasteiger partial charge on any atom is -0.326 e. The van der Waals surface area contributed by atoms with Gasteiger partial charge in [0, 0.05) is 19.1 Å². The molecule has 1 heterocycles. The summed E-state index contributed by atoms with van der Waals surface area (Å²) in [4.78, 5) is 0.0339. The van der Waals surface area contributed by atoms with Crippen LogP contribution in [-0.4, -0.2) is 31.9 Å². The Labute approximate surface area is 112 Å². The fraction of sp³-hybridized carbons (Fsp3) is 0.455. The normalized spacial score (nSPS) is 20.7. The van der Waals surface area contributed by atoms with E-state index in [1.165, 1.54) is 16.4 Å². The van der Waals surface area contributed by atoms with Crippen molar-refractivity contribution in [3.05, 3.63) is 29.6 Å². The maximum absolute atomic E-state index is 13.1. The summed E-state index contributed by atoms with van der Waals surface area (Å²) in [6.07, 6.45) is 0.646. The number of nitrogens with zero attached hydrogens (tertiary/aromatic N) is 1. The number of rotatable bonds is 2. The largest absolute Gasteiger partial charge is 0.326 e. The molecule has 0 spiro atoms. The molecule has 0 amide bonds. The summed E-state index contributed by atoms with van der Waals surface area (Å²) in [5, 5.41) is 0. The van der Waals surface area contributed by atoms with Crippen LogP contribution in [0.4, 0.5) is 4.39 Å². The molecular weight excluding hydrogens is 279 g/mol. The van der Waals surface area contributed by atoms with Crippen molar-refractivity contribution in [2.75, 3.05) is 13.1 Å². The van der Waals surface area contributed by atoms with E-state index >= 15 is 0 Å². The van der Waals surface area contributed by atoms with Crippen LogP contribution in [0.5, 0.6) is 0 Å². The maximum Gasteiger partial charge on any atom is 0.243 e. The molecule has 18 heavy (non-hydrogen) atoms. The summed E-state index contributed by atoms with van der Waals surface area (Å²) >= 11 is 0. The highest BCUT2D eigenvalue weighted by molar-refractivity contribution is 7.89. The highest BCUT2D eigenvalue weighted by Crippen LogP contribution is 2.23. The van der Waals surface area contributed by atoms with Gasteiger partial charge in [-0.15, -0.1) is 12.4 Å². The van der Waals surface area contributed by atoms with Crippen molar-refractivity contribution in [2.45, 2.75) is 24.3 Å². The van der Waals surface area contributed by atoms with E-state index in [0.29, 0.717) is 25.1 Å². The molecule has 0 saturated carbocycles. The molecule has 1 aromatic carbocycles. The van der Waals surface area contributed by atoms with Crippen LogP contribution in [-0.2, 0) is 10.0 Å². The van der Waals surface area contributed by atoms with E-state index in [9.17, 15) is 12.8 Å². The molecule has 4 nitrogen and oxygen atoms in total. The van der Waals surface area contributed by atoms with Gasteiger partial charge in [-0.3, -0.25) is 0 Å². The van der Waals surface area contributed by atoms with Gasteiger partial charge in [-0.2, -0.15) is 4.31 Å². The van der Waals surface area contributed by atoms with Crippen LogP contribution in [0.1, 0.15) is 12.0 Å². The standard InChI is InChI=1S/C11H15FN2O2S.ClH/c1-8-2-3-9(12)6-11(8)17(15,16)14-5-4-10(13)7-14;/h2-3,6,10H,4-5,7,13H2,1H3;1H. The van der Waals surface area contributed by atoms with Crippen molar-refractivity contribution in [3.8, 4) is 0 Å². The Morgan fingerprint density at radius 2 is 2.11 bits per heavy atom. The third-order valence-corrected chi connectivity index (χ3v) is 4.96. The van der Waals surface area contributed by atoms with Crippen LogP contribution in [0.15, 0.2) is 23.1 Å². The van der Waals surface area contributed by atoms with Crippen molar-refractivity contribution in [2.24, 2.45) is 5.73 Å². The molecule has 1 saturated heterocycles. The first-order valence-corrected chi connectivity index (χ1v) is 6.87. The minimum atomic E-state index is -3.61.